The van der Waals surface area contributed by atoms with Crippen molar-refractivity contribution in [2.75, 3.05) is 0 Å². The molecule has 0 saturated heterocycles. The first-order valence-corrected chi connectivity index (χ1v) is 13.8. The van der Waals surface area contributed by atoms with Gasteiger partial charge in [0.05, 0.1) is 11.5 Å². The number of nitriles is 1. The first kappa shape index (κ1) is 25.2. The first-order chi connectivity index (χ1) is 17.2. The number of pyridine rings is 1. The van der Waals surface area contributed by atoms with Crippen molar-refractivity contribution in [1.29, 1.82) is 5.26 Å². The molecule has 2 nitrogen and oxygen atoms in total. The van der Waals surface area contributed by atoms with E-state index >= 15 is 0 Å². The highest BCUT2D eigenvalue weighted by Crippen LogP contribution is 2.70. The van der Waals surface area contributed by atoms with Crippen LogP contribution in [-0.4, -0.2) is 0 Å². The van der Waals surface area contributed by atoms with E-state index in [1.807, 2.05) is 0 Å². The van der Waals surface area contributed by atoms with E-state index in [9.17, 15) is 5.26 Å². The van der Waals surface area contributed by atoms with Crippen LogP contribution < -0.4 is 4.57 Å². The Bertz CT molecular complexity index is 1050. The summed E-state index contributed by atoms with van der Waals surface area (Å²) in [6.45, 7) is 7.73. The second kappa shape index (κ2) is 11.7. The normalized spacial score (nSPS) is 21.0. The Hall–Kier alpha value is -2.92. The molecule has 1 fully saturated rings. The zero-order valence-electron chi connectivity index (χ0n) is 21.8. The van der Waals surface area contributed by atoms with Crippen LogP contribution in [0.4, 0.5) is 0 Å². The Morgan fingerprint density at radius 1 is 0.686 bits per heavy atom. The van der Waals surface area contributed by atoms with E-state index in [1.54, 1.807) is 0 Å². The van der Waals surface area contributed by atoms with Crippen molar-refractivity contribution in [3.05, 3.63) is 101 Å². The number of rotatable bonds is 12. The highest BCUT2D eigenvalue weighted by molar-refractivity contribution is 5.58. The van der Waals surface area contributed by atoms with E-state index in [4.69, 9.17) is 0 Å². The fourth-order valence-corrected chi connectivity index (χ4v) is 5.63. The Labute approximate surface area is 212 Å². The van der Waals surface area contributed by atoms with Crippen molar-refractivity contribution in [2.45, 2.75) is 95.9 Å². The van der Waals surface area contributed by atoms with E-state index in [1.165, 1.54) is 60.8 Å². The summed E-state index contributed by atoms with van der Waals surface area (Å²) in [6, 6.07) is 25.4. The zero-order chi connectivity index (χ0) is 24.7. The minimum Gasteiger partial charge on any atom is -0.205 e. The smallest absolute Gasteiger partial charge is 0.169 e. The van der Waals surface area contributed by atoms with E-state index in [-0.39, 0.29) is 11.8 Å². The second-order valence-electron chi connectivity index (χ2n) is 10.3. The SMILES string of the molecule is CCCCc1ccc(C2C(c3ccc(CCCC)cc3)C2(C#N)c2cc[n+](CCCC)cc2)cc1. The second-order valence-corrected chi connectivity index (χ2v) is 10.3. The van der Waals surface area contributed by atoms with Crippen LogP contribution in [0, 0.1) is 11.3 Å². The molecule has 2 atom stereocenters. The van der Waals surface area contributed by atoms with Crippen molar-refractivity contribution < 1.29 is 4.57 Å². The maximum absolute atomic E-state index is 10.7. The lowest BCUT2D eigenvalue weighted by Gasteiger charge is -2.10. The van der Waals surface area contributed by atoms with Crippen LogP contribution in [-0.2, 0) is 24.8 Å². The molecule has 1 aromatic heterocycles. The molecule has 1 aliphatic rings. The Morgan fingerprint density at radius 3 is 1.54 bits per heavy atom. The van der Waals surface area contributed by atoms with Crippen molar-refractivity contribution in [3.63, 3.8) is 0 Å². The van der Waals surface area contributed by atoms with Gasteiger partial charge < -0.3 is 0 Å². The van der Waals surface area contributed by atoms with E-state index in [0.29, 0.717) is 0 Å². The molecule has 182 valence electrons. The summed E-state index contributed by atoms with van der Waals surface area (Å²) >= 11 is 0. The molecule has 0 spiro atoms. The third-order valence-electron chi connectivity index (χ3n) is 7.84. The molecule has 35 heavy (non-hydrogen) atoms. The van der Waals surface area contributed by atoms with Crippen molar-refractivity contribution in [1.82, 2.24) is 0 Å². The largest absolute Gasteiger partial charge is 0.205 e. The van der Waals surface area contributed by atoms with Crippen LogP contribution in [0.3, 0.4) is 0 Å². The molecule has 3 aromatic rings. The summed E-state index contributed by atoms with van der Waals surface area (Å²) in [5, 5.41) is 10.7. The quantitative estimate of drug-likeness (QED) is 0.251. The lowest BCUT2D eigenvalue weighted by molar-refractivity contribution is -0.697. The van der Waals surface area contributed by atoms with Gasteiger partial charge in [-0.25, -0.2) is 4.57 Å². The number of aryl methyl sites for hydroxylation is 3. The number of nitrogens with zero attached hydrogens (tertiary/aromatic N) is 2. The molecule has 0 aliphatic heterocycles. The summed E-state index contributed by atoms with van der Waals surface area (Å²) in [6.07, 6.45) is 13.8. The summed E-state index contributed by atoms with van der Waals surface area (Å²) in [5.74, 6) is 0.362. The number of benzene rings is 2. The topological polar surface area (TPSA) is 27.7 Å². The van der Waals surface area contributed by atoms with Crippen LogP contribution in [0.2, 0.25) is 0 Å². The molecule has 1 saturated carbocycles. The summed E-state index contributed by atoms with van der Waals surface area (Å²) in [5.41, 5.74) is 6.00. The maximum atomic E-state index is 10.7. The van der Waals surface area contributed by atoms with Gasteiger partial charge in [0.15, 0.2) is 12.4 Å². The monoisotopic (exact) mass is 465 g/mol. The van der Waals surface area contributed by atoms with Gasteiger partial charge in [-0.3, -0.25) is 0 Å². The average molecular weight is 466 g/mol. The number of aromatic nitrogens is 1. The fraction of sp³-hybridized carbons (Fsp3) is 0.455. The molecule has 2 heteroatoms. The predicted octanol–water partition coefficient (Wildman–Crippen LogP) is 7.80. The van der Waals surface area contributed by atoms with Crippen molar-refractivity contribution in [3.8, 4) is 6.07 Å². The Kier molecular flexibility index (Phi) is 8.40. The van der Waals surface area contributed by atoms with Gasteiger partial charge >= 0.3 is 0 Å². The number of hydrogen-bond acceptors (Lipinski definition) is 1. The van der Waals surface area contributed by atoms with Gasteiger partial charge in [0, 0.05) is 30.4 Å². The fourth-order valence-electron chi connectivity index (χ4n) is 5.63. The van der Waals surface area contributed by atoms with E-state index in [2.05, 4.69) is 104 Å². The minimum absolute atomic E-state index is 0.181. The molecule has 4 rings (SSSR count). The molecule has 0 N–H and O–H groups in total. The van der Waals surface area contributed by atoms with Gasteiger partial charge in [0.1, 0.15) is 6.54 Å². The van der Waals surface area contributed by atoms with E-state index < -0.39 is 5.41 Å². The highest BCUT2D eigenvalue weighted by atomic mass is 14.9. The van der Waals surface area contributed by atoms with Crippen LogP contribution in [0.25, 0.3) is 0 Å². The van der Waals surface area contributed by atoms with Crippen molar-refractivity contribution in [2.24, 2.45) is 0 Å². The molecular formula is C33H41N2+. The highest BCUT2D eigenvalue weighted by Gasteiger charge is 2.67. The molecule has 1 heterocycles. The van der Waals surface area contributed by atoms with Crippen LogP contribution in [0.5, 0.6) is 0 Å². The minimum atomic E-state index is -0.514. The Balaban J connectivity index is 1.67. The molecule has 0 bridgehead atoms. The predicted molar refractivity (Wildman–Crippen MR) is 144 cm³/mol. The molecule has 0 radical (unpaired) electrons. The summed E-state index contributed by atoms with van der Waals surface area (Å²) in [7, 11) is 0. The molecule has 1 aliphatic carbocycles. The van der Waals surface area contributed by atoms with Gasteiger partial charge in [-0.05, 0) is 53.5 Å². The standard InChI is InChI=1S/C33H41N2/c1-4-7-10-26-12-16-28(17-13-26)31-32(29-18-14-27(15-19-29)11-8-5-2)33(31,25-34)30-20-23-35(24-21-30)22-9-6-3/h12-21,23-24,31-32H,4-11,22H2,1-3H3/q+1. The lowest BCUT2D eigenvalue weighted by atomic mass is 9.90. The van der Waals surface area contributed by atoms with Gasteiger partial charge in [-0.15, -0.1) is 0 Å². The zero-order valence-corrected chi connectivity index (χ0v) is 21.8. The van der Waals surface area contributed by atoms with Crippen LogP contribution in [0.15, 0.2) is 73.1 Å². The third-order valence-corrected chi connectivity index (χ3v) is 7.84. The molecule has 2 aromatic carbocycles. The molecule has 0 amide bonds. The van der Waals surface area contributed by atoms with Crippen LogP contribution in [0.1, 0.15) is 98.9 Å². The number of hydrogen-bond donors (Lipinski definition) is 0. The average Bonchev–Trinajstić information content (AvgIpc) is 3.60. The van der Waals surface area contributed by atoms with Gasteiger partial charge in [-0.1, -0.05) is 88.6 Å². The van der Waals surface area contributed by atoms with Gasteiger partial charge in [0.2, 0.25) is 0 Å². The number of unbranched alkanes of at least 4 members (excludes halogenated alkanes) is 3. The summed E-state index contributed by atoms with van der Waals surface area (Å²) in [4.78, 5) is 0. The maximum Gasteiger partial charge on any atom is 0.169 e. The van der Waals surface area contributed by atoms with Gasteiger partial charge in [0.25, 0.3) is 0 Å². The van der Waals surface area contributed by atoms with Crippen LogP contribution >= 0.6 is 0 Å². The molecule has 2 unspecified atom stereocenters. The Morgan fingerprint density at radius 2 is 1.14 bits per heavy atom. The third kappa shape index (κ3) is 5.35. The molecular weight excluding hydrogens is 424 g/mol. The summed E-state index contributed by atoms with van der Waals surface area (Å²) < 4.78 is 2.25. The lowest BCUT2D eigenvalue weighted by Crippen LogP contribution is -2.33. The van der Waals surface area contributed by atoms with Crippen molar-refractivity contribution >= 4 is 0 Å². The van der Waals surface area contributed by atoms with E-state index in [0.717, 1.165) is 24.9 Å². The van der Waals surface area contributed by atoms with Gasteiger partial charge in [-0.2, -0.15) is 5.26 Å². The first-order valence-electron chi connectivity index (χ1n) is 13.8.